The fraction of sp³-hybridized carbons (Fsp3) is 0.526. The predicted octanol–water partition coefficient (Wildman–Crippen LogP) is 3.13. The Bertz CT molecular complexity index is 525. The predicted molar refractivity (Wildman–Crippen MR) is 98.6 cm³/mol. The number of nitrogens with zero attached hydrogens (tertiary/aromatic N) is 2. The lowest BCUT2D eigenvalue weighted by molar-refractivity contribution is -0.128. The fourth-order valence-electron chi connectivity index (χ4n) is 3.36. The molecular formula is C19H26N2OS. The zero-order valence-corrected chi connectivity index (χ0v) is 14.5. The van der Waals surface area contributed by atoms with Gasteiger partial charge in [-0.3, -0.25) is 4.79 Å². The minimum atomic E-state index is 0.167. The van der Waals surface area contributed by atoms with Crippen LogP contribution in [0.25, 0.3) is 6.08 Å². The number of carbonyl (C=O) groups is 1. The SMILES string of the molecule is O=C(/C=C/c1ccccc1)N1CCCSC[C@@H]1CN1CCCC1. The zero-order chi connectivity index (χ0) is 15.9. The van der Waals surface area contributed by atoms with Crippen molar-refractivity contribution in [2.45, 2.75) is 25.3 Å². The molecule has 0 aromatic heterocycles. The van der Waals surface area contributed by atoms with E-state index in [0.717, 1.165) is 30.8 Å². The minimum absolute atomic E-state index is 0.167. The number of rotatable bonds is 4. The van der Waals surface area contributed by atoms with Gasteiger partial charge >= 0.3 is 0 Å². The summed E-state index contributed by atoms with van der Waals surface area (Å²) in [5, 5.41) is 0. The molecule has 0 aliphatic carbocycles. The van der Waals surface area contributed by atoms with Crippen LogP contribution in [0.5, 0.6) is 0 Å². The number of likely N-dealkylation sites (tertiary alicyclic amines) is 1. The molecule has 2 saturated heterocycles. The van der Waals surface area contributed by atoms with E-state index in [4.69, 9.17) is 0 Å². The van der Waals surface area contributed by atoms with E-state index in [2.05, 4.69) is 9.80 Å². The summed E-state index contributed by atoms with van der Waals surface area (Å²) in [6.07, 6.45) is 7.41. The van der Waals surface area contributed by atoms with Gasteiger partial charge in [-0.1, -0.05) is 30.3 Å². The summed E-state index contributed by atoms with van der Waals surface area (Å²) < 4.78 is 0. The molecule has 0 N–H and O–H groups in total. The van der Waals surface area contributed by atoms with Crippen LogP contribution in [0.15, 0.2) is 36.4 Å². The Morgan fingerprint density at radius 2 is 1.91 bits per heavy atom. The lowest BCUT2D eigenvalue weighted by Gasteiger charge is -2.32. The standard InChI is InChI=1S/C19H26N2OS/c22-19(10-9-17-7-2-1-3-8-17)21-13-6-14-23-16-18(21)15-20-11-4-5-12-20/h1-3,7-10,18H,4-6,11-16H2/b10-9+/t18-/m0/s1. The molecule has 0 unspecified atom stereocenters. The summed E-state index contributed by atoms with van der Waals surface area (Å²) in [7, 11) is 0. The number of benzene rings is 1. The Morgan fingerprint density at radius 3 is 2.70 bits per heavy atom. The molecule has 3 rings (SSSR count). The third-order valence-electron chi connectivity index (χ3n) is 4.61. The second-order valence-electron chi connectivity index (χ2n) is 6.37. The number of thioether (sulfide) groups is 1. The van der Waals surface area contributed by atoms with E-state index in [-0.39, 0.29) is 5.91 Å². The van der Waals surface area contributed by atoms with Crippen LogP contribution in [0.3, 0.4) is 0 Å². The maximum Gasteiger partial charge on any atom is 0.246 e. The van der Waals surface area contributed by atoms with E-state index < -0.39 is 0 Å². The van der Waals surface area contributed by atoms with Crippen molar-refractivity contribution in [3.05, 3.63) is 42.0 Å². The van der Waals surface area contributed by atoms with Gasteiger partial charge in [-0.25, -0.2) is 0 Å². The molecule has 0 bridgehead atoms. The second kappa shape index (κ2) is 8.55. The third kappa shape index (κ3) is 4.85. The Labute approximate surface area is 143 Å². The molecule has 124 valence electrons. The Kier molecular flexibility index (Phi) is 6.17. The quantitative estimate of drug-likeness (QED) is 0.793. The van der Waals surface area contributed by atoms with Crippen molar-refractivity contribution in [1.82, 2.24) is 9.80 Å². The first kappa shape index (κ1) is 16.6. The highest BCUT2D eigenvalue weighted by Crippen LogP contribution is 2.20. The summed E-state index contributed by atoms with van der Waals surface area (Å²) in [4.78, 5) is 17.4. The molecule has 23 heavy (non-hydrogen) atoms. The van der Waals surface area contributed by atoms with Crippen molar-refractivity contribution in [1.29, 1.82) is 0 Å². The molecule has 1 amide bonds. The van der Waals surface area contributed by atoms with Crippen LogP contribution in [0.4, 0.5) is 0 Å². The topological polar surface area (TPSA) is 23.6 Å². The van der Waals surface area contributed by atoms with Crippen molar-refractivity contribution >= 4 is 23.7 Å². The highest BCUT2D eigenvalue weighted by molar-refractivity contribution is 7.99. The van der Waals surface area contributed by atoms with Gasteiger partial charge in [-0.2, -0.15) is 11.8 Å². The maximum absolute atomic E-state index is 12.7. The van der Waals surface area contributed by atoms with Gasteiger partial charge in [-0.15, -0.1) is 0 Å². The van der Waals surface area contributed by atoms with E-state index in [9.17, 15) is 4.79 Å². The van der Waals surface area contributed by atoms with Gasteiger partial charge in [0.15, 0.2) is 0 Å². The largest absolute Gasteiger partial charge is 0.334 e. The Hall–Kier alpha value is -1.26. The minimum Gasteiger partial charge on any atom is -0.334 e. The van der Waals surface area contributed by atoms with E-state index in [0.29, 0.717) is 6.04 Å². The van der Waals surface area contributed by atoms with E-state index in [1.807, 2.05) is 48.2 Å². The fourth-order valence-corrected chi connectivity index (χ4v) is 4.42. The lowest BCUT2D eigenvalue weighted by Crippen LogP contribution is -2.47. The smallest absolute Gasteiger partial charge is 0.246 e. The third-order valence-corrected chi connectivity index (χ3v) is 5.81. The number of carbonyl (C=O) groups excluding carboxylic acids is 1. The Morgan fingerprint density at radius 1 is 1.13 bits per heavy atom. The lowest BCUT2D eigenvalue weighted by atomic mass is 10.2. The first-order valence-electron chi connectivity index (χ1n) is 8.67. The summed E-state index contributed by atoms with van der Waals surface area (Å²) in [5.41, 5.74) is 1.08. The molecule has 0 radical (unpaired) electrons. The van der Waals surface area contributed by atoms with E-state index in [1.54, 1.807) is 6.08 Å². The van der Waals surface area contributed by atoms with Crippen molar-refractivity contribution in [3.8, 4) is 0 Å². The molecular weight excluding hydrogens is 304 g/mol. The second-order valence-corrected chi connectivity index (χ2v) is 7.52. The molecule has 1 atom stereocenters. The average molecular weight is 330 g/mol. The van der Waals surface area contributed by atoms with Crippen molar-refractivity contribution in [2.24, 2.45) is 0 Å². The average Bonchev–Trinajstić information content (AvgIpc) is 2.98. The van der Waals surface area contributed by atoms with E-state index in [1.165, 1.54) is 31.7 Å². The summed E-state index contributed by atoms with van der Waals surface area (Å²) in [5.74, 6) is 2.41. The molecule has 2 heterocycles. The summed E-state index contributed by atoms with van der Waals surface area (Å²) >= 11 is 2.00. The van der Waals surface area contributed by atoms with Gasteiger partial charge in [0.05, 0.1) is 6.04 Å². The summed E-state index contributed by atoms with van der Waals surface area (Å²) in [6.45, 7) is 4.33. The molecule has 1 aromatic carbocycles. The van der Waals surface area contributed by atoms with Gasteiger partial charge < -0.3 is 9.80 Å². The molecule has 0 saturated carbocycles. The summed E-state index contributed by atoms with van der Waals surface area (Å²) in [6, 6.07) is 10.4. The normalized spacial score (nSPS) is 23.3. The van der Waals surface area contributed by atoms with Crippen LogP contribution in [-0.2, 0) is 4.79 Å². The van der Waals surface area contributed by atoms with Crippen LogP contribution >= 0.6 is 11.8 Å². The molecule has 2 fully saturated rings. The maximum atomic E-state index is 12.7. The molecule has 2 aliphatic heterocycles. The highest BCUT2D eigenvalue weighted by Gasteiger charge is 2.27. The molecule has 2 aliphatic rings. The Balaban J connectivity index is 1.65. The van der Waals surface area contributed by atoms with Crippen LogP contribution in [0.1, 0.15) is 24.8 Å². The van der Waals surface area contributed by atoms with Crippen LogP contribution in [0.2, 0.25) is 0 Å². The molecule has 1 aromatic rings. The van der Waals surface area contributed by atoms with Crippen molar-refractivity contribution in [3.63, 3.8) is 0 Å². The molecule has 4 heteroatoms. The molecule has 0 spiro atoms. The number of hydrogen-bond acceptors (Lipinski definition) is 3. The van der Waals surface area contributed by atoms with Gasteiger partial charge in [0.1, 0.15) is 0 Å². The zero-order valence-electron chi connectivity index (χ0n) is 13.7. The van der Waals surface area contributed by atoms with Crippen molar-refractivity contribution < 1.29 is 4.79 Å². The van der Waals surface area contributed by atoms with E-state index >= 15 is 0 Å². The van der Waals surface area contributed by atoms with Gasteiger partial charge in [0, 0.05) is 24.9 Å². The van der Waals surface area contributed by atoms with Crippen molar-refractivity contribution in [2.75, 3.05) is 37.7 Å². The van der Waals surface area contributed by atoms with Gasteiger partial charge in [0.25, 0.3) is 0 Å². The number of amides is 1. The molecule has 3 nitrogen and oxygen atoms in total. The van der Waals surface area contributed by atoms with Crippen LogP contribution in [0, 0.1) is 0 Å². The first-order chi connectivity index (χ1) is 11.3. The van der Waals surface area contributed by atoms with Gasteiger partial charge in [-0.05, 0) is 49.7 Å². The van der Waals surface area contributed by atoms with Crippen LogP contribution < -0.4 is 0 Å². The highest BCUT2D eigenvalue weighted by atomic mass is 32.2. The number of hydrogen-bond donors (Lipinski definition) is 0. The first-order valence-corrected chi connectivity index (χ1v) is 9.82. The van der Waals surface area contributed by atoms with Gasteiger partial charge in [0.2, 0.25) is 5.91 Å². The van der Waals surface area contributed by atoms with Crippen LogP contribution in [-0.4, -0.2) is 59.4 Å². The monoisotopic (exact) mass is 330 g/mol.